The number of carbonyl (C=O) groups excluding carboxylic acids is 2. The zero-order valence-corrected chi connectivity index (χ0v) is 18.1. The molecule has 0 radical (unpaired) electrons. The van der Waals surface area contributed by atoms with E-state index < -0.39 is 5.91 Å². The SMILES string of the molecule is COc1ccc(OCc2ccc(C(=O)Nc3cccc(NC(=O)c4ccn(C)n4)c3)o2)cc1. The van der Waals surface area contributed by atoms with Crippen LogP contribution in [-0.4, -0.2) is 28.7 Å². The predicted molar refractivity (Wildman–Crippen MR) is 122 cm³/mol. The second kappa shape index (κ2) is 9.73. The topological polar surface area (TPSA) is 108 Å². The number of ether oxygens (including phenoxy) is 2. The monoisotopic (exact) mass is 446 g/mol. The molecular weight excluding hydrogens is 424 g/mol. The fourth-order valence-electron chi connectivity index (χ4n) is 3.00. The molecular formula is C24H22N4O5. The smallest absolute Gasteiger partial charge is 0.291 e. The van der Waals surface area contributed by atoms with Gasteiger partial charge in [0, 0.05) is 24.6 Å². The van der Waals surface area contributed by atoms with Gasteiger partial charge in [-0.05, 0) is 60.7 Å². The van der Waals surface area contributed by atoms with Gasteiger partial charge in [-0.25, -0.2) is 0 Å². The molecule has 0 unspecified atom stereocenters. The van der Waals surface area contributed by atoms with Crippen molar-refractivity contribution in [2.75, 3.05) is 17.7 Å². The molecule has 2 aromatic heterocycles. The van der Waals surface area contributed by atoms with Crippen LogP contribution >= 0.6 is 0 Å². The number of carbonyl (C=O) groups is 2. The van der Waals surface area contributed by atoms with Crippen molar-refractivity contribution in [3.05, 3.63) is 90.1 Å². The van der Waals surface area contributed by atoms with E-state index in [2.05, 4.69) is 15.7 Å². The molecule has 0 saturated carbocycles. The normalized spacial score (nSPS) is 10.5. The third-order valence-corrected chi connectivity index (χ3v) is 4.65. The van der Waals surface area contributed by atoms with E-state index in [1.54, 1.807) is 91.8 Å². The van der Waals surface area contributed by atoms with Gasteiger partial charge in [-0.3, -0.25) is 14.3 Å². The van der Waals surface area contributed by atoms with Gasteiger partial charge in [0.15, 0.2) is 11.5 Å². The van der Waals surface area contributed by atoms with E-state index >= 15 is 0 Å². The van der Waals surface area contributed by atoms with Gasteiger partial charge in [-0.1, -0.05) is 6.07 Å². The molecule has 0 spiro atoms. The first-order valence-electron chi connectivity index (χ1n) is 10.1. The lowest BCUT2D eigenvalue weighted by Crippen LogP contribution is -2.14. The molecule has 168 valence electrons. The highest BCUT2D eigenvalue weighted by molar-refractivity contribution is 6.04. The third kappa shape index (κ3) is 5.59. The van der Waals surface area contributed by atoms with Gasteiger partial charge in [0.2, 0.25) is 0 Å². The maximum absolute atomic E-state index is 12.6. The van der Waals surface area contributed by atoms with Crippen molar-refractivity contribution in [2.24, 2.45) is 7.05 Å². The highest BCUT2D eigenvalue weighted by atomic mass is 16.5. The van der Waals surface area contributed by atoms with Crippen molar-refractivity contribution < 1.29 is 23.5 Å². The summed E-state index contributed by atoms with van der Waals surface area (Å²) in [5.74, 6) is 1.28. The Balaban J connectivity index is 1.34. The molecule has 2 N–H and O–H groups in total. The van der Waals surface area contributed by atoms with E-state index in [0.29, 0.717) is 28.6 Å². The summed E-state index contributed by atoms with van der Waals surface area (Å²) in [5.41, 5.74) is 1.33. The summed E-state index contributed by atoms with van der Waals surface area (Å²) in [6, 6.07) is 18.8. The Hall–Kier alpha value is -4.53. The van der Waals surface area contributed by atoms with E-state index in [9.17, 15) is 9.59 Å². The lowest BCUT2D eigenvalue weighted by molar-refractivity contribution is 0.0991. The number of anilines is 2. The molecule has 0 aliphatic rings. The highest BCUT2D eigenvalue weighted by Crippen LogP contribution is 2.20. The van der Waals surface area contributed by atoms with Crippen LogP contribution in [0, 0.1) is 0 Å². The molecule has 4 rings (SSSR count). The molecule has 2 aromatic carbocycles. The summed E-state index contributed by atoms with van der Waals surface area (Å²) >= 11 is 0. The summed E-state index contributed by atoms with van der Waals surface area (Å²) in [6.45, 7) is 0.175. The average molecular weight is 446 g/mol. The summed E-state index contributed by atoms with van der Waals surface area (Å²) < 4.78 is 17.9. The molecule has 0 bridgehead atoms. The predicted octanol–water partition coefficient (Wildman–Crippen LogP) is 4.11. The average Bonchev–Trinajstić information content (AvgIpc) is 3.47. The van der Waals surface area contributed by atoms with Gasteiger partial charge >= 0.3 is 0 Å². The molecule has 9 nitrogen and oxygen atoms in total. The Morgan fingerprint density at radius 1 is 0.939 bits per heavy atom. The number of nitrogens with zero attached hydrogens (tertiary/aromatic N) is 2. The molecule has 33 heavy (non-hydrogen) atoms. The number of methoxy groups -OCH3 is 1. The van der Waals surface area contributed by atoms with Crippen molar-refractivity contribution in [3.63, 3.8) is 0 Å². The Bertz CT molecular complexity index is 1260. The number of rotatable bonds is 8. The molecule has 0 aliphatic heterocycles. The van der Waals surface area contributed by atoms with E-state index in [1.165, 1.54) is 0 Å². The summed E-state index contributed by atoms with van der Waals surface area (Å²) in [7, 11) is 3.33. The number of benzene rings is 2. The number of nitrogens with one attached hydrogen (secondary N) is 2. The van der Waals surface area contributed by atoms with Gasteiger partial charge in [0.05, 0.1) is 7.11 Å². The number of hydrogen-bond donors (Lipinski definition) is 2. The Morgan fingerprint density at radius 3 is 2.30 bits per heavy atom. The van der Waals surface area contributed by atoms with E-state index in [0.717, 1.165) is 5.75 Å². The fraction of sp³-hybridized carbons (Fsp3) is 0.125. The van der Waals surface area contributed by atoms with E-state index in [-0.39, 0.29) is 18.3 Å². The molecule has 2 heterocycles. The van der Waals surface area contributed by atoms with Gasteiger partial charge in [-0.15, -0.1) is 0 Å². The van der Waals surface area contributed by atoms with Crippen LogP contribution in [0.2, 0.25) is 0 Å². The quantitative estimate of drug-likeness (QED) is 0.422. The van der Waals surface area contributed by atoms with Gasteiger partial charge in [0.1, 0.15) is 23.9 Å². The lowest BCUT2D eigenvalue weighted by Gasteiger charge is -2.07. The standard InChI is InChI=1S/C24H22N4O5/c1-28-13-12-21(27-28)23(29)25-16-4-3-5-17(14-16)26-24(30)22-11-10-20(33-22)15-32-19-8-6-18(31-2)7-9-19/h3-14H,15H2,1-2H3,(H,25,29)(H,26,30). The first-order chi connectivity index (χ1) is 16.0. The largest absolute Gasteiger partial charge is 0.497 e. The van der Waals surface area contributed by atoms with Gasteiger partial charge < -0.3 is 24.5 Å². The summed E-state index contributed by atoms with van der Waals surface area (Å²) in [6.07, 6.45) is 1.69. The van der Waals surface area contributed by atoms with Crippen LogP contribution in [0.25, 0.3) is 0 Å². The number of aryl methyl sites for hydroxylation is 1. The zero-order valence-electron chi connectivity index (χ0n) is 18.1. The number of hydrogen-bond acceptors (Lipinski definition) is 6. The van der Waals surface area contributed by atoms with Crippen LogP contribution in [0.3, 0.4) is 0 Å². The maximum Gasteiger partial charge on any atom is 0.291 e. The van der Waals surface area contributed by atoms with Crippen LogP contribution < -0.4 is 20.1 Å². The first kappa shape index (κ1) is 21.7. The summed E-state index contributed by atoms with van der Waals surface area (Å²) in [4.78, 5) is 24.8. The second-order valence-electron chi connectivity index (χ2n) is 7.09. The fourth-order valence-corrected chi connectivity index (χ4v) is 3.00. The van der Waals surface area contributed by atoms with Crippen molar-refractivity contribution in [1.29, 1.82) is 0 Å². The van der Waals surface area contributed by atoms with Crippen LogP contribution in [0.15, 0.2) is 77.3 Å². The number of aromatic nitrogens is 2. The molecule has 2 amide bonds. The summed E-state index contributed by atoms with van der Waals surface area (Å²) in [5, 5.41) is 9.58. The van der Waals surface area contributed by atoms with Crippen molar-refractivity contribution >= 4 is 23.2 Å². The van der Waals surface area contributed by atoms with Crippen LogP contribution in [-0.2, 0) is 13.7 Å². The van der Waals surface area contributed by atoms with Crippen LogP contribution in [0.1, 0.15) is 26.8 Å². The molecule has 9 heteroatoms. The van der Waals surface area contributed by atoms with E-state index in [4.69, 9.17) is 13.9 Å². The zero-order chi connectivity index (χ0) is 23.2. The number of furan rings is 1. The third-order valence-electron chi connectivity index (χ3n) is 4.65. The minimum Gasteiger partial charge on any atom is -0.497 e. The second-order valence-corrected chi connectivity index (χ2v) is 7.09. The minimum absolute atomic E-state index is 0.145. The molecule has 4 aromatic rings. The highest BCUT2D eigenvalue weighted by Gasteiger charge is 2.13. The first-order valence-corrected chi connectivity index (χ1v) is 10.1. The van der Waals surface area contributed by atoms with Crippen LogP contribution in [0.4, 0.5) is 11.4 Å². The lowest BCUT2D eigenvalue weighted by atomic mass is 10.2. The Labute approximate surface area is 189 Å². The molecule has 0 fully saturated rings. The van der Waals surface area contributed by atoms with Crippen molar-refractivity contribution in [3.8, 4) is 11.5 Å². The van der Waals surface area contributed by atoms with Gasteiger partial charge in [0.25, 0.3) is 11.8 Å². The van der Waals surface area contributed by atoms with Crippen molar-refractivity contribution in [2.45, 2.75) is 6.61 Å². The molecule has 0 aliphatic carbocycles. The molecule has 0 saturated heterocycles. The Morgan fingerprint density at radius 2 is 1.64 bits per heavy atom. The Kier molecular flexibility index (Phi) is 6.40. The van der Waals surface area contributed by atoms with Crippen molar-refractivity contribution in [1.82, 2.24) is 9.78 Å². The van der Waals surface area contributed by atoms with Crippen LogP contribution in [0.5, 0.6) is 11.5 Å². The van der Waals surface area contributed by atoms with Gasteiger partial charge in [-0.2, -0.15) is 5.10 Å². The number of amides is 2. The minimum atomic E-state index is -0.418. The van der Waals surface area contributed by atoms with E-state index in [1.807, 2.05) is 0 Å². The maximum atomic E-state index is 12.6. The molecule has 0 atom stereocenters.